The molecule has 4 aromatic rings. The van der Waals surface area contributed by atoms with Crippen molar-refractivity contribution in [3.63, 3.8) is 0 Å². The van der Waals surface area contributed by atoms with Crippen LogP contribution < -0.4 is 10.9 Å². The van der Waals surface area contributed by atoms with E-state index in [4.69, 9.17) is 5.26 Å². The van der Waals surface area contributed by atoms with E-state index < -0.39 is 17.3 Å². The van der Waals surface area contributed by atoms with Crippen LogP contribution in [0.25, 0.3) is 21.8 Å². The summed E-state index contributed by atoms with van der Waals surface area (Å²) in [5.74, 6) is -0.886. The highest BCUT2D eigenvalue weighted by Crippen LogP contribution is 2.20. The van der Waals surface area contributed by atoms with E-state index in [1.54, 1.807) is 18.2 Å². The van der Waals surface area contributed by atoms with E-state index in [-0.39, 0.29) is 11.9 Å². The van der Waals surface area contributed by atoms with Gasteiger partial charge in [0.25, 0.3) is 5.56 Å². The number of aromatic amines is 1. The fraction of sp³-hybridized carbons (Fsp3) is 0.0526. The summed E-state index contributed by atoms with van der Waals surface area (Å²) in [6.07, 6.45) is 1.40. The van der Waals surface area contributed by atoms with Crippen LogP contribution in [0.4, 0.5) is 10.1 Å². The molecule has 0 bridgehead atoms. The van der Waals surface area contributed by atoms with Crippen molar-refractivity contribution in [3.05, 3.63) is 70.4 Å². The number of nitrogens with one attached hydrogen (secondary N) is 2. The summed E-state index contributed by atoms with van der Waals surface area (Å²) < 4.78 is 14.7. The second-order valence-corrected chi connectivity index (χ2v) is 5.95. The first-order valence-electron chi connectivity index (χ1n) is 8.02. The van der Waals surface area contributed by atoms with E-state index >= 15 is 0 Å². The van der Waals surface area contributed by atoms with E-state index in [1.165, 1.54) is 30.5 Å². The first kappa shape index (κ1) is 16.5. The molecule has 8 heteroatoms. The van der Waals surface area contributed by atoms with Crippen LogP contribution in [0, 0.1) is 17.1 Å². The van der Waals surface area contributed by atoms with Crippen molar-refractivity contribution in [1.82, 2.24) is 14.8 Å². The van der Waals surface area contributed by atoms with Gasteiger partial charge in [-0.05, 0) is 36.4 Å². The lowest BCUT2D eigenvalue weighted by atomic mass is 10.2. The molecule has 0 spiro atoms. The largest absolute Gasteiger partial charge is 0.324 e. The van der Waals surface area contributed by atoms with Crippen molar-refractivity contribution < 1.29 is 9.18 Å². The molecule has 132 valence electrons. The lowest BCUT2D eigenvalue weighted by Crippen LogP contribution is -2.26. The molecule has 0 aliphatic rings. The summed E-state index contributed by atoms with van der Waals surface area (Å²) in [4.78, 5) is 29.0. The fourth-order valence-corrected chi connectivity index (χ4v) is 2.90. The van der Waals surface area contributed by atoms with Crippen LogP contribution in [-0.4, -0.2) is 20.7 Å². The second kappa shape index (κ2) is 6.38. The number of anilines is 1. The maximum absolute atomic E-state index is 13.6. The van der Waals surface area contributed by atoms with E-state index in [2.05, 4.69) is 15.4 Å². The average molecular weight is 361 g/mol. The second-order valence-electron chi connectivity index (χ2n) is 5.95. The Morgan fingerprint density at radius 2 is 2.11 bits per heavy atom. The standard InChI is InChI=1S/C19H12FN5O2/c20-12-4-5-16-14(7-12)18-15(9-22-16)19(27)25(24-18)10-17(26)23-13-3-1-2-11(6-13)8-21/h1-7,9,24H,10H2,(H,23,26). The predicted molar refractivity (Wildman–Crippen MR) is 97.6 cm³/mol. The van der Waals surface area contributed by atoms with Gasteiger partial charge in [0, 0.05) is 17.3 Å². The number of nitriles is 1. The molecule has 0 radical (unpaired) electrons. The van der Waals surface area contributed by atoms with Gasteiger partial charge in [-0.1, -0.05) is 6.07 Å². The number of carbonyl (C=O) groups excluding carboxylic acids is 1. The summed E-state index contributed by atoms with van der Waals surface area (Å²) in [5, 5.41) is 15.1. The average Bonchev–Trinajstić information content (AvgIpc) is 2.98. The molecule has 0 saturated heterocycles. The number of pyridine rings is 1. The highest BCUT2D eigenvalue weighted by atomic mass is 19.1. The number of nitrogens with zero attached hydrogens (tertiary/aromatic N) is 3. The van der Waals surface area contributed by atoms with E-state index in [1.807, 2.05) is 6.07 Å². The lowest BCUT2D eigenvalue weighted by molar-refractivity contribution is -0.116. The Kier molecular flexibility index (Phi) is 3.90. The lowest BCUT2D eigenvalue weighted by Gasteiger charge is -2.05. The maximum Gasteiger partial charge on any atom is 0.276 e. The topological polar surface area (TPSA) is 104 Å². The third kappa shape index (κ3) is 3.02. The molecule has 0 fully saturated rings. The molecule has 2 N–H and O–H groups in total. The van der Waals surface area contributed by atoms with Crippen molar-refractivity contribution in [2.24, 2.45) is 0 Å². The number of amides is 1. The van der Waals surface area contributed by atoms with Gasteiger partial charge in [0.15, 0.2) is 0 Å². The van der Waals surface area contributed by atoms with Gasteiger partial charge in [0.05, 0.1) is 28.1 Å². The van der Waals surface area contributed by atoms with Crippen molar-refractivity contribution in [2.75, 3.05) is 5.32 Å². The molecule has 27 heavy (non-hydrogen) atoms. The Balaban J connectivity index is 1.67. The molecule has 4 rings (SSSR count). The number of halogens is 1. The Labute approximate surface area is 151 Å². The first-order chi connectivity index (χ1) is 13.0. The fourth-order valence-electron chi connectivity index (χ4n) is 2.90. The molecule has 1 amide bonds. The number of benzene rings is 2. The molecule has 0 atom stereocenters. The van der Waals surface area contributed by atoms with Crippen LogP contribution in [0.5, 0.6) is 0 Å². The SMILES string of the molecule is N#Cc1cccc(NC(=O)Cn2[nH]c3c(cnc4ccc(F)cc43)c2=O)c1. The highest BCUT2D eigenvalue weighted by Gasteiger charge is 2.14. The van der Waals surface area contributed by atoms with Gasteiger partial charge in [0.1, 0.15) is 12.4 Å². The number of hydrogen-bond donors (Lipinski definition) is 2. The number of fused-ring (bicyclic) bond motifs is 3. The van der Waals surface area contributed by atoms with E-state index in [0.717, 1.165) is 4.68 Å². The molecule has 2 aromatic heterocycles. The molecule has 2 aromatic carbocycles. The van der Waals surface area contributed by atoms with Gasteiger partial charge in [-0.3, -0.25) is 19.7 Å². The Hall–Kier alpha value is -3.99. The molecule has 0 aliphatic carbocycles. The summed E-state index contributed by atoms with van der Waals surface area (Å²) in [5.41, 5.74) is 1.40. The molecule has 2 heterocycles. The molecular weight excluding hydrogens is 349 g/mol. The number of carbonyl (C=O) groups is 1. The van der Waals surface area contributed by atoms with Crippen molar-refractivity contribution >= 4 is 33.4 Å². The Bertz CT molecular complexity index is 1300. The van der Waals surface area contributed by atoms with Gasteiger partial charge >= 0.3 is 0 Å². The minimum absolute atomic E-state index is 0.263. The monoisotopic (exact) mass is 361 g/mol. The number of hydrogen-bond acceptors (Lipinski definition) is 4. The first-order valence-corrected chi connectivity index (χ1v) is 8.02. The van der Waals surface area contributed by atoms with Crippen molar-refractivity contribution in [1.29, 1.82) is 5.26 Å². The summed E-state index contributed by atoms with van der Waals surface area (Å²) >= 11 is 0. The van der Waals surface area contributed by atoms with Gasteiger partial charge in [0.2, 0.25) is 5.91 Å². The van der Waals surface area contributed by atoms with Crippen LogP contribution >= 0.6 is 0 Å². The Morgan fingerprint density at radius 1 is 1.26 bits per heavy atom. The van der Waals surface area contributed by atoms with E-state index in [9.17, 15) is 14.0 Å². The summed E-state index contributed by atoms with van der Waals surface area (Å²) in [6.45, 7) is -0.263. The van der Waals surface area contributed by atoms with Crippen LogP contribution in [0.3, 0.4) is 0 Å². The number of aromatic nitrogens is 3. The van der Waals surface area contributed by atoms with Crippen molar-refractivity contribution in [2.45, 2.75) is 6.54 Å². The third-order valence-corrected chi connectivity index (χ3v) is 4.13. The summed E-state index contributed by atoms with van der Waals surface area (Å²) in [6, 6.07) is 12.5. The zero-order valence-electron chi connectivity index (χ0n) is 13.9. The smallest absolute Gasteiger partial charge is 0.276 e. The zero-order valence-corrected chi connectivity index (χ0v) is 13.9. The minimum atomic E-state index is -0.444. The van der Waals surface area contributed by atoms with E-state index in [0.29, 0.717) is 27.7 Å². The molecular formula is C19H12FN5O2. The van der Waals surface area contributed by atoms with Gasteiger partial charge < -0.3 is 5.32 Å². The number of H-pyrrole nitrogens is 1. The van der Waals surface area contributed by atoms with Gasteiger partial charge in [-0.15, -0.1) is 0 Å². The Morgan fingerprint density at radius 3 is 2.93 bits per heavy atom. The highest BCUT2D eigenvalue weighted by molar-refractivity contribution is 6.02. The van der Waals surface area contributed by atoms with Crippen LogP contribution in [0.15, 0.2) is 53.5 Å². The molecule has 0 aliphatic heterocycles. The van der Waals surface area contributed by atoms with Crippen LogP contribution in [-0.2, 0) is 11.3 Å². The van der Waals surface area contributed by atoms with Crippen molar-refractivity contribution in [3.8, 4) is 6.07 Å². The zero-order chi connectivity index (χ0) is 19.0. The molecule has 7 nitrogen and oxygen atoms in total. The normalized spacial score (nSPS) is 10.8. The quantitative estimate of drug-likeness (QED) is 0.585. The molecule has 0 unspecified atom stereocenters. The third-order valence-electron chi connectivity index (χ3n) is 4.13. The molecule has 0 saturated carbocycles. The summed E-state index contributed by atoms with van der Waals surface area (Å²) in [7, 11) is 0. The minimum Gasteiger partial charge on any atom is -0.324 e. The van der Waals surface area contributed by atoms with Gasteiger partial charge in [-0.25, -0.2) is 9.07 Å². The van der Waals surface area contributed by atoms with Crippen LogP contribution in [0.1, 0.15) is 5.56 Å². The van der Waals surface area contributed by atoms with Gasteiger partial charge in [-0.2, -0.15) is 5.26 Å². The number of rotatable bonds is 3. The predicted octanol–water partition coefficient (Wildman–Crippen LogP) is 2.53. The maximum atomic E-state index is 13.6. The van der Waals surface area contributed by atoms with Crippen LogP contribution in [0.2, 0.25) is 0 Å².